The number of fused-ring (bicyclic) bond motifs is 2. The van der Waals surface area contributed by atoms with Gasteiger partial charge in [0.25, 0.3) is 0 Å². The zero-order chi connectivity index (χ0) is 21.9. The van der Waals surface area contributed by atoms with Crippen molar-refractivity contribution in [2.45, 2.75) is 44.3 Å². The highest BCUT2D eigenvalue weighted by Gasteiger charge is 2.38. The molecular weight excluding hydrogens is 423 g/mol. The molecule has 1 aliphatic carbocycles. The summed E-state index contributed by atoms with van der Waals surface area (Å²) >= 11 is 0. The van der Waals surface area contributed by atoms with Gasteiger partial charge in [-0.3, -0.25) is 0 Å². The molecule has 0 bridgehead atoms. The van der Waals surface area contributed by atoms with Gasteiger partial charge in [0, 0.05) is 31.3 Å². The summed E-state index contributed by atoms with van der Waals surface area (Å²) in [7, 11) is 0. The van der Waals surface area contributed by atoms with Gasteiger partial charge in [-0.25, -0.2) is 9.50 Å². The number of hydrogen-bond acceptors (Lipinski definition) is 6. The lowest BCUT2D eigenvalue weighted by molar-refractivity contribution is -0.136. The van der Waals surface area contributed by atoms with E-state index in [1.165, 1.54) is 42.1 Å². The van der Waals surface area contributed by atoms with Crippen molar-refractivity contribution in [3.63, 3.8) is 0 Å². The molecule has 1 saturated carbocycles. The molecule has 2 aliphatic rings. The Balaban J connectivity index is 1.42. The van der Waals surface area contributed by atoms with E-state index in [-0.39, 0.29) is 5.52 Å². The third-order valence-electron chi connectivity index (χ3n) is 6.42. The standard InChI is InChI=1S/C21H20F3N7O/c22-21(23,24)13-5-2-7-31-16(13)10-15(29-31)19-18-14(25-11-26-18)6-8-30(19)20-28-27-17(32-20)9-12-3-1-4-12/h2,5,7,10-12,19H,1,3-4,6,8-9H2,(H,25,26)/t19-/m0/s1. The molecular formula is C21H20F3N7O. The van der Waals surface area contributed by atoms with E-state index in [2.05, 4.69) is 25.3 Å². The molecule has 0 saturated heterocycles. The number of imidazole rings is 1. The van der Waals surface area contributed by atoms with E-state index in [1.54, 1.807) is 6.33 Å². The van der Waals surface area contributed by atoms with E-state index in [1.807, 2.05) is 4.90 Å². The largest absolute Gasteiger partial charge is 0.418 e. The Morgan fingerprint density at radius 1 is 1.22 bits per heavy atom. The summed E-state index contributed by atoms with van der Waals surface area (Å²) in [6.45, 7) is 0.547. The molecule has 1 fully saturated rings. The van der Waals surface area contributed by atoms with Crippen molar-refractivity contribution in [2.24, 2.45) is 5.92 Å². The minimum Gasteiger partial charge on any atom is -0.408 e. The number of aromatic nitrogens is 6. The van der Waals surface area contributed by atoms with Crippen LogP contribution in [-0.4, -0.2) is 36.3 Å². The Hall–Kier alpha value is -3.37. The minimum absolute atomic E-state index is 0.00573. The first-order valence-corrected chi connectivity index (χ1v) is 10.6. The van der Waals surface area contributed by atoms with E-state index in [9.17, 15) is 13.2 Å². The van der Waals surface area contributed by atoms with Crippen LogP contribution in [0.1, 0.15) is 53.8 Å². The predicted octanol–water partition coefficient (Wildman–Crippen LogP) is 3.95. The van der Waals surface area contributed by atoms with Crippen LogP contribution in [0.3, 0.4) is 0 Å². The smallest absolute Gasteiger partial charge is 0.408 e. The molecule has 0 amide bonds. The van der Waals surface area contributed by atoms with E-state index in [0.717, 1.165) is 18.2 Å². The number of aromatic amines is 1. The maximum absolute atomic E-state index is 13.5. The number of hydrogen-bond donors (Lipinski definition) is 1. The lowest BCUT2D eigenvalue weighted by atomic mass is 9.83. The van der Waals surface area contributed by atoms with Crippen molar-refractivity contribution < 1.29 is 17.6 Å². The molecule has 5 heterocycles. The summed E-state index contributed by atoms with van der Waals surface area (Å²) in [5.41, 5.74) is 1.33. The number of pyridine rings is 1. The van der Waals surface area contributed by atoms with Crippen LogP contribution < -0.4 is 4.90 Å². The van der Waals surface area contributed by atoms with Crippen LogP contribution in [-0.2, 0) is 19.0 Å². The molecule has 1 atom stereocenters. The third kappa shape index (κ3) is 3.14. The Labute approximate surface area is 180 Å². The second-order valence-electron chi connectivity index (χ2n) is 8.41. The minimum atomic E-state index is -4.48. The van der Waals surface area contributed by atoms with Gasteiger partial charge in [0.1, 0.15) is 6.04 Å². The zero-order valence-electron chi connectivity index (χ0n) is 17.0. The maximum Gasteiger partial charge on any atom is 0.418 e. The molecule has 11 heteroatoms. The average molecular weight is 443 g/mol. The highest BCUT2D eigenvalue weighted by molar-refractivity contribution is 5.58. The van der Waals surface area contributed by atoms with Crippen LogP contribution >= 0.6 is 0 Å². The summed E-state index contributed by atoms with van der Waals surface area (Å²) < 4.78 is 47.9. The fourth-order valence-corrected chi connectivity index (χ4v) is 4.58. The SMILES string of the molecule is FC(F)(F)c1cccn2nc([C@H]3c4nc[nH]c4CCN3c3nnc(CC4CCC4)o3)cc12. The monoisotopic (exact) mass is 443 g/mol. The number of alkyl halides is 3. The van der Waals surface area contributed by atoms with Crippen molar-refractivity contribution in [1.29, 1.82) is 0 Å². The molecule has 0 aromatic carbocycles. The zero-order valence-corrected chi connectivity index (χ0v) is 17.0. The van der Waals surface area contributed by atoms with Gasteiger partial charge in [-0.2, -0.15) is 18.3 Å². The highest BCUT2D eigenvalue weighted by atomic mass is 19.4. The first-order valence-electron chi connectivity index (χ1n) is 10.6. The van der Waals surface area contributed by atoms with Gasteiger partial charge < -0.3 is 14.3 Å². The van der Waals surface area contributed by atoms with Crippen molar-refractivity contribution >= 4 is 11.5 Å². The van der Waals surface area contributed by atoms with E-state index in [4.69, 9.17) is 4.42 Å². The van der Waals surface area contributed by atoms with Gasteiger partial charge >= 0.3 is 12.2 Å². The number of nitrogens with one attached hydrogen (secondary N) is 1. The van der Waals surface area contributed by atoms with Gasteiger partial charge in [0.05, 0.1) is 28.8 Å². The number of halogens is 3. The fourth-order valence-electron chi connectivity index (χ4n) is 4.58. The summed E-state index contributed by atoms with van der Waals surface area (Å²) in [4.78, 5) is 9.46. The van der Waals surface area contributed by atoms with Crippen molar-refractivity contribution in [3.05, 3.63) is 59.3 Å². The molecule has 0 radical (unpaired) electrons. The van der Waals surface area contributed by atoms with Gasteiger partial charge in [-0.05, 0) is 37.0 Å². The maximum atomic E-state index is 13.5. The van der Waals surface area contributed by atoms with Gasteiger partial charge in [0.15, 0.2) is 0 Å². The first-order chi connectivity index (χ1) is 15.5. The van der Waals surface area contributed by atoms with Crippen LogP contribution in [0.2, 0.25) is 0 Å². The third-order valence-corrected chi connectivity index (χ3v) is 6.42. The summed E-state index contributed by atoms with van der Waals surface area (Å²) in [6.07, 6.45) is 3.62. The molecule has 166 valence electrons. The Bertz CT molecular complexity index is 1270. The van der Waals surface area contributed by atoms with Gasteiger partial charge in [-0.1, -0.05) is 11.5 Å². The Kier molecular flexibility index (Phi) is 4.27. The van der Waals surface area contributed by atoms with Crippen LogP contribution in [0.5, 0.6) is 0 Å². The molecule has 1 N–H and O–H groups in total. The van der Waals surface area contributed by atoms with Crippen LogP contribution in [0, 0.1) is 5.92 Å². The Morgan fingerprint density at radius 2 is 2.09 bits per heavy atom. The molecule has 1 aliphatic heterocycles. The van der Waals surface area contributed by atoms with Crippen molar-refractivity contribution in [1.82, 2.24) is 29.8 Å². The average Bonchev–Trinajstić information content (AvgIpc) is 3.47. The van der Waals surface area contributed by atoms with Crippen LogP contribution in [0.15, 0.2) is 35.1 Å². The topological polar surface area (TPSA) is 88.1 Å². The lowest BCUT2D eigenvalue weighted by Crippen LogP contribution is -2.37. The normalized spacial score (nSPS) is 19.3. The molecule has 0 spiro atoms. The van der Waals surface area contributed by atoms with Crippen molar-refractivity contribution in [3.8, 4) is 0 Å². The number of H-pyrrole nitrogens is 1. The molecule has 32 heavy (non-hydrogen) atoms. The number of anilines is 1. The van der Waals surface area contributed by atoms with Gasteiger partial charge in [-0.15, -0.1) is 5.10 Å². The second-order valence-corrected chi connectivity index (χ2v) is 8.41. The van der Waals surface area contributed by atoms with Crippen molar-refractivity contribution in [2.75, 3.05) is 11.4 Å². The summed E-state index contributed by atoms with van der Waals surface area (Å²) in [5, 5.41) is 12.9. The molecule has 4 aromatic rings. The molecule has 6 rings (SSSR count). The first kappa shape index (κ1) is 19.3. The van der Waals surface area contributed by atoms with Crippen LogP contribution in [0.25, 0.3) is 5.52 Å². The molecule has 4 aromatic heterocycles. The Morgan fingerprint density at radius 3 is 2.88 bits per heavy atom. The predicted molar refractivity (Wildman–Crippen MR) is 107 cm³/mol. The second kappa shape index (κ2) is 7.07. The fraction of sp³-hybridized carbons (Fsp3) is 0.429. The molecule has 0 unspecified atom stereocenters. The summed E-state index contributed by atoms with van der Waals surface area (Å²) in [5.74, 6) is 1.17. The molecule has 8 nitrogen and oxygen atoms in total. The van der Waals surface area contributed by atoms with E-state index in [0.29, 0.717) is 42.2 Å². The highest BCUT2D eigenvalue weighted by Crippen LogP contribution is 2.39. The number of nitrogens with zero attached hydrogens (tertiary/aromatic N) is 6. The van der Waals surface area contributed by atoms with E-state index >= 15 is 0 Å². The van der Waals surface area contributed by atoms with Gasteiger partial charge in [0.2, 0.25) is 5.89 Å². The quantitative estimate of drug-likeness (QED) is 0.514. The van der Waals surface area contributed by atoms with E-state index < -0.39 is 17.8 Å². The number of rotatable bonds is 4. The van der Waals surface area contributed by atoms with Crippen LogP contribution in [0.4, 0.5) is 19.2 Å². The lowest BCUT2D eigenvalue weighted by Gasteiger charge is -2.32. The summed E-state index contributed by atoms with van der Waals surface area (Å²) in [6, 6.07) is 3.67.